The lowest BCUT2D eigenvalue weighted by atomic mass is 9.69. The molecule has 212 valence electrons. The molecule has 0 saturated carbocycles. The van der Waals surface area contributed by atoms with Gasteiger partial charge in [-0.3, -0.25) is 0 Å². The van der Waals surface area contributed by atoms with Gasteiger partial charge in [-0.15, -0.1) is 0 Å². The van der Waals surface area contributed by atoms with Crippen LogP contribution in [0.4, 0.5) is 0 Å². The highest BCUT2D eigenvalue weighted by Crippen LogP contribution is 2.65. The summed E-state index contributed by atoms with van der Waals surface area (Å²) in [4.78, 5) is 2.68. The molecular formula is C45H26S. The molecule has 2 aliphatic carbocycles. The molecule has 1 heterocycles. The Kier molecular flexibility index (Phi) is 4.80. The molecule has 8 aromatic rings. The summed E-state index contributed by atoms with van der Waals surface area (Å²) in [5.74, 6) is 0. The van der Waals surface area contributed by atoms with Crippen LogP contribution in [0.25, 0.3) is 66.1 Å². The second kappa shape index (κ2) is 8.88. The van der Waals surface area contributed by atoms with Crippen molar-refractivity contribution in [1.82, 2.24) is 0 Å². The van der Waals surface area contributed by atoms with Crippen molar-refractivity contribution in [3.8, 4) is 44.5 Å². The first-order valence-corrected chi connectivity index (χ1v) is 16.8. The van der Waals surface area contributed by atoms with Gasteiger partial charge in [0, 0.05) is 15.2 Å². The smallest absolute Gasteiger partial charge is 0.0731 e. The maximum absolute atomic E-state index is 2.41. The minimum Gasteiger partial charge on any atom is -0.0881 e. The number of hydrogen-bond acceptors (Lipinski definition) is 1. The Morgan fingerprint density at radius 1 is 0.370 bits per heavy atom. The number of benzene rings is 8. The molecule has 0 nitrogen and oxygen atoms in total. The Morgan fingerprint density at radius 3 is 1.89 bits per heavy atom. The second-order valence-corrected chi connectivity index (χ2v) is 13.8. The van der Waals surface area contributed by atoms with Gasteiger partial charge >= 0.3 is 0 Å². The molecule has 0 N–H and O–H groups in total. The first-order chi connectivity index (χ1) is 22.8. The van der Waals surface area contributed by atoms with E-state index >= 15 is 0 Å². The Balaban J connectivity index is 1.29. The average molecular weight is 599 g/mol. The zero-order valence-electron chi connectivity index (χ0n) is 24.9. The largest absolute Gasteiger partial charge is 0.0881 e. The normalized spacial score (nSPS) is 16.3. The molecule has 1 aliphatic heterocycles. The third kappa shape index (κ3) is 2.93. The molecule has 3 aliphatic rings. The van der Waals surface area contributed by atoms with E-state index in [0.717, 1.165) is 0 Å². The predicted molar refractivity (Wildman–Crippen MR) is 193 cm³/mol. The minimum atomic E-state index is -0.395. The van der Waals surface area contributed by atoms with Crippen molar-refractivity contribution in [1.29, 1.82) is 0 Å². The molecule has 0 radical (unpaired) electrons. The molecule has 1 unspecified atom stereocenters. The summed E-state index contributed by atoms with van der Waals surface area (Å²) in [6, 6.07) is 59.3. The lowest BCUT2D eigenvalue weighted by Crippen LogP contribution is -2.26. The molecular weight excluding hydrogens is 573 g/mol. The lowest BCUT2D eigenvalue weighted by molar-refractivity contribution is 0.801. The fourth-order valence-electron chi connectivity index (χ4n) is 8.97. The highest BCUT2D eigenvalue weighted by atomic mass is 32.2. The summed E-state index contributed by atoms with van der Waals surface area (Å²) in [6.07, 6.45) is 0. The van der Waals surface area contributed by atoms with Crippen LogP contribution >= 0.6 is 11.8 Å². The fraction of sp³-hybridized carbons (Fsp3) is 0.0222. The van der Waals surface area contributed by atoms with Crippen LogP contribution in [0.3, 0.4) is 0 Å². The van der Waals surface area contributed by atoms with Crippen molar-refractivity contribution in [3.05, 3.63) is 180 Å². The van der Waals surface area contributed by atoms with E-state index < -0.39 is 5.41 Å². The van der Waals surface area contributed by atoms with Crippen LogP contribution in [0.1, 0.15) is 22.3 Å². The van der Waals surface area contributed by atoms with Crippen LogP contribution in [0.2, 0.25) is 0 Å². The monoisotopic (exact) mass is 598 g/mol. The van der Waals surface area contributed by atoms with E-state index in [1.807, 2.05) is 11.8 Å². The van der Waals surface area contributed by atoms with Gasteiger partial charge in [-0.2, -0.15) is 0 Å². The van der Waals surface area contributed by atoms with E-state index in [-0.39, 0.29) is 0 Å². The Labute approximate surface area is 272 Å². The lowest BCUT2D eigenvalue weighted by Gasteiger charge is -2.31. The number of fused-ring (bicyclic) bond motifs is 14. The zero-order chi connectivity index (χ0) is 30.0. The Morgan fingerprint density at radius 2 is 0.978 bits per heavy atom. The molecule has 46 heavy (non-hydrogen) atoms. The molecule has 0 bridgehead atoms. The second-order valence-electron chi connectivity index (χ2n) is 12.7. The molecule has 0 fully saturated rings. The standard InChI is InChI=1S/C45H26S/c1-2-13-29-27(11-1)23-25-34-30-14-3-6-19-37(30)45(43(29)34)38-20-7-4-16-36(38)42-33(18-10-21-39(42)45)35-26-24-28-12-9-17-32-31-15-5-8-22-40(31)46-44(35)41(28)32/h1-26H. The number of hydrogen-bond donors (Lipinski definition) is 0. The molecule has 1 atom stereocenters. The Hall–Kier alpha value is -5.37. The van der Waals surface area contributed by atoms with Crippen LogP contribution in [0.15, 0.2) is 168 Å². The first kappa shape index (κ1) is 24.9. The molecule has 8 aromatic carbocycles. The molecule has 1 heteroatoms. The highest BCUT2D eigenvalue weighted by molar-refractivity contribution is 8.00. The zero-order valence-corrected chi connectivity index (χ0v) is 25.7. The summed E-state index contributed by atoms with van der Waals surface area (Å²) in [5.41, 5.74) is 15.8. The first-order valence-electron chi connectivity index (χ1n) is 16.0. The third-order valence-electron chi connectivity index (χ3n) is 10.7. The highest BCUT2D eigenvalue weighted by Gasteiger charge is 2.52. The van der Waals surface area contributed by atoms with Gasteiger partial charge in [-0.05, 0) is 89.0 Å². The summed E-state index contributed by atoms with van der Waals surface area (Å²) in [6.45, 7) is 0. The summed E-state index contributed by atoms with van der Waals surface area (Å²) in [5, 5.41) is 5.29. The Bertz CT molecular complexity index is 2630. The topological polar surface area (TPSA) is 0 Å². The van der Waals surface area contributed by atoms with Crippen molar-refractivity contribution in [3.63, 3.8) is 0 Å². The minimum absolute atomic E-state index is 0.395. The predicted octanol–water partition coefficient (Wildman–Crippen LogP) is 12.1. The van der Waals surface area contributed by atoms with E-state index in [0.29, 0.717) is 0 Å². The summed E-state index contributed by atoms with van der Waals surface area (Å²) >= 11 is 1.93. The van der Waals surface area contributed by atoms with E-state index in [9.17, 15) is 0 Å². The van der Waals surface area contributed by atoms with Gasteiger partial charge in [0.1, 0.15) is 0 Å². The van der Waals surface area contributed by atoms with Crippen LogP contribution in [-0.2, 0) is 5.41 Å². The fourth-order valence-corrected chi connectivity index (χ4v) is 10.2. The van der Waals surface area contributed by atoms with Crippen molar-refractivity contribution in [2.24, 2.45) is 0 Å². The maximum Gasteiger partial charge on any atom is 0.0731 e. The molecule has 1 spiro atoms. The van der Waals surface area contributed by atoms with Crippen LogP contribution in [0, 0.1) is 0 Å². The van der Waals surface area contributed by atoms with Gasteiger partial charge < -0.3 is 0 Å². The quantitative estimate of drug-likeness (QED) is 0.181. The SMILES string of the molecule is c1ccc2c(c1)Sc1c(-c3cccc4c3-c3ccccc3C43c4ccccc4-c4ccc5ccccc5c43)ccc3cccc-2c13. The van der Waals surface area contributed by atoms with Crippen LogP contribution < -0.4 is 0 Å². The van der Waals surface area contributed by atoms with Crippen molar-refractivity contribution >= 4 is 33.3 Å². The molecule has 0 aromatic heterocycles. The van der Waals surface area contributed by atoms with Gasteiger partial charge in [0.2, 0.25) is 0 Å². The summed E-state index contributed by atoms with van der Waals surface area (Å²) in [7, 11) is 0. The van der Waals surface area contributed by atoms with E-state index in [2.05, 4.69) is 158 Å². The van der Waals surface area contributed by atoms with Gasteiger partial charge in [0.15, 0.2) is 0 Å². The van der Waals surface area contributed by atoms with Crippen LogP contribution in [0.5, 0.6) is 0 Å². The van der Waals surface area contributed by atoms with Gasteiger partial charge in [-0.1, -0.05) is 163 Å². The third-order valence-corrected chi connectivity index (χ3v) is 11.9. The van der Waals surface area contributed by atoms with Crippen molar-refractivity contribution in [2.45, 2.75) is 15.2 Å². The molecule has 11 rings (SSSR count). The van der Waals surface area contributed by atoms with E-state index in [1.54, 1.807) is 0 Å². The van der Waals surface area contributed by atoms with Crippen LogP contribution in [-0.4, -0.2) is 0 Å². The molecule has 0 saturated heterocycles. The van der Waals surface area contributed by atoms with Crippen molar-refractivity contribution in [2.75, 3.05) is 0 Å². The molecule has 0 amide bonds. The van der Waals surface area contributed by atoms with Gasteiger partial charge in [0.25, 0.3) is 0 Å². The number of rotatable bonds is 1. The van der Waals surface area contributed by atoms with E-state index in [1.165, 1.54) is 98.1 Å². The van der Waals surface area contributed by atoms with Gasteiger partial charge in [-0.25, -0.2) is 0 Å². The maximum atomic E-state index is 2.41. The van der Waals surface area contributed by atoms with Gasteiger partial charge in [0.05, 0.1) is 5.41 Å². The average Bonchev–Trinajstić information content (AvgIpc) is 3.60. The van der Waals surface area contributed by atoms with E-state index in [4.69, 9.17) is 0 Å². The van der Waals surface area contributed by atoms with Crippen molar-refractivity contribution < 1.29 is 0 Å². The summed E-state index contributed by atoms with van der Waals surface area (Å²) < 4.78 is 0.